The molecule has 6 aromatic rings. The number of aromatic nitrogens is 5. The van der Waals surface area contributed by atoms with Crippen molar-refractivity contribution in [1.29, 1.82) is 0 Å². The highest BCUT2D eigenvalue weighted by molar-refractivity contribution is 6.02. The van der Waals surface area contributed by atoms with Gasteiger partial charge in [-0.25, -0.2) is 13.6 Å². The van der Waals surface area contributed by atoms with Crippen molar-refractivity contribution < 1.29 is 37.7 Å². The number of ether oxygens (including phenoxy) is 3. The van der Waals surface area contributed by atoms with Crippen molar-refractivity contribution in [2.45, 2.75) is 126 Å². The number of β-amino-alcohol motifs (C(OH)–C–C–N with tert-alkyl or cyclic N) is 1. The Morgan fingerprint density at radius 2 is 1.74 bits per heavy atom. The summed E-state index contributed by atoms with van der Waals surface area (Å²) >= 11 is 0. The molecule has 0 radical (unpaired) electrons. The number of hydrogen-bond acceptors (Lipinski definition) is 13. The molecule has 1 unspecified atom stereocenters. The highest BCUT2D eigenvalue weighted by Crippen LogP contribution is 2.45. The Labute approximate surface area is 429 Å². The summed E-state index contributed by atoms with van der Waals surface area (Å²) in [5, 5.41) is 15.2. The number of methoxy groups -OCH3 is 1. The highest BCUT2D eigenvalue weighted by atomic mass is 19.1. The quantitative estimate of drug-likeness (QED) is 0.0760. The fourth-order valence-corrected chi connectivity index (χ4v) is 13.2. The second kappa shape index (κ2) is 20.2. The first-order chi connectivity index (χ1) is 35.7. The molecule has 74 heavy (non-hydrogen) atoms. The van der Waals surface area contributed by atoms with Gasteiger partial charge in [0.25, 0.3) is 0 Å². The summed E-state index contributed by atoms with van der Waals surface area (Å²) in [6.07, 6.45) is 12.1. The minimum absolute atomic E-state index is 0.00270. The number of fused-ring (bicyclic) bond motifs is 4. The fraction of sp³-hybridized carbons (Fsp3) is 0.536. The molecule has 0 aliphatic carbocycles. The second-order valence-electron chi connectivity index (χ2n) is 21.7. The second-order valence-corrected chi connectivity index (χ2v) is 21.7. The van der Waals surface area contributed by atoms with Gasteiger partial charge in [-0.05, 0) is 168 Å². The number of pyridine rings is 1. The smallest absolute Gasteiger partial charge is 0.329 e. The molecule has 8 heterocycles. The minimum atomic E-state index is -0.973. The van der Waals surface area contributed by atoms with E-state index in [1.54, 1.807) is 47.5 Å². The van der Waals surface area contributed by atoms with Crippen molar-refractivity contribution in [2.24, 2.45) is 7.05 Å². The Kier molecular flexibility index (Phi) is 13.7. The van der Waals surface area contributed by atoms with Gasteiger partial charge in [-0.15, -0.1) is 0 Å². The maximum Gasteiger partial charge on any atom is 0.329 e. The van der Waals surface area contributed by atoms with Crippen LogP contribution in [0.1, 0.15) is 114 Å². The Balaban J connectivity index is 0.779. The summed E-state index contributed by atoms with van der Waals surface area (Å²) in [6.45, 7) is 8.92. The van der Waals surface area contributed by atoms with Crippen molar-refractivity contribution in [2.75, 3.05) is 64.7 Å². The van der Waals surface area contributed by atoms with E-state index in [-0.39, 0.29) is 53.4 Å². The number of likely N-dealkylation sites (tertiary alicyclic amines) is 1. The number of carbonyl (C=O) groups is 2. The third-order valence-electron chi connectivity index (χ3n) is 16.9. The van der Waals surface area contributed by atoms with Crippen LogP contribution in [0.3, 0.4) is 0 Å². The van der Waals surface area contributed by atoms with Crippen LogP contribution >= 0.6 is 0 Å². The number of nitrogens with one attached hydrogen (secondary N) is 1. The van der Waals surface area contributed by atoms with E-state index in [0.29, 0.717) is 95.3 Å². The minimum Gasteiger partial charge on any atom is -0.468 e. The zero-order valence-corrected chi connectivity index (χ0v) is 42.9. The lowest BCUT2D eigenvalue weighted by Crippen LogP contribution is -2.47. The SMILES string of the molecule is CCc1c(F)ccc2cc(OCOC)cc(-c3ncc4c(N5CCC[C@@](C)(O)C5)nc(OC[C@]56CCCN5[C@H](CCCN5CCC(c7ccc8c(c7)n(C)c(=O)n8C7CCC(=O)NC7=O)CC5)CC6)nc4c3F)c12. The molecule has 5 aliphatic heterocycles. The molecular formula is C56H67F2N9O7. The number of benzene rings is 3. The molecule has 16 nitrogen and oxygen atoms in total. The Morgan fingerprint density at radius 3 is 2.53 bits per heavy atom. The van der Waals surface area contributed by atoms with Gasteiger partial charge in [0.05, 0.1) is 27.6 Å². The number of piperidine rings is 3. The number of nitrogens with zero attached hydrogens (tertiary/aromatic N) is 8. The van der Waals surface area contributed by atoms with Gasteiger partial charge in [0.15, 0.2) is 12.6 Å². The molecule has 392 valence electrons. The van der Waals surface area contributed by atoms with Gasteiger partial charge in [-0.1, -0.05) is 19.1 Å². The molecule has 2 amide bonds. The van der Waals surface area contributed by atoms with Gasteiger partial charge >= 0.3 is 11.7 Å². The average molecular weight is 1020 g/mol. The molecule has 5 fully saturated rings. The van der Waals surface area contributed by atoms with Crippen LogP contribution in [0.15, 0.2) is 53.5 Å². The average Bonchev–Trinajstić information content (AvgIpc) is 4.06. The molecule has 3 aromatic carbocycles. The van der Waals surface area contributed by atoms with Crippen molar-refractivity contribution >= 4 is 50.3 Å². The number of halogens is 2. The number of hydrogen-bond donors (Lipinski definition) is 2. The van der Waals surface area contributed by atoms with Crippen LogP contribution in [-0.4, -0.2) is 128 Å². The van der Waals surface area contributed by atoms with Crippen molar-refractivity contribution in [3.63, 3.8) is 0 Å². The van der Waals surface area contributed by atoms with Crippen molar-refractivity contribution in [1.82, 2.24) is 39.2 Å². The first kappa shape index (κ1) is 50.1. The van der Waals surface area contributed by atoms with E-state index in [4.69, 9.17) is 29.2 Å². The van der Waals surface area contributed by atoms with Crippen LogP contribution in [0.25, 0.3) is 44.0 Å². The van der Waals surface area contributed by atoms with Crippen LogP contribution in [0, 0.1) is 11.6 Å². The predicted molar refractivity (Wildman–Crippen MR) is 278 cm³/mol. The number of aryl methyl sites for hydroxylation is 2. The zero-order valence-electron chi connectivity index (χ0n) is 42.9. The van der Waals surface area contributed by atoms with E-state index in [1.807, 2.05) is 17.9 Å². The topological polar surface area (TPSA) is 169 Å². The number of rotatable bonds is 15. The maximum absolute atomic E-state index is 17.5. The number of imide groups is 1. The standard InChI is InChI=1S/C56H67F2N9O7/c1-5-39-42(57)12-10-36-27-38(74-33-72-4)29-40(47(36)39)49-48(58)50-41(30-59-49)51(65-23-7-19-55(2,71)31-65)62-53(61-50)73-32-56-20-8-24-66(56)37(16-21-56)9-6-22-64-25-17-34(18-26-64)35-11-13-43-45(28-35)63(3)54(70)67(43)44-14-15-46(68)60-52(44)69/h10-13,27-30,34,37,44,71H,5-9,14-26,31-33H2,1-4H3,(H,60,68,69)/t37-,44?,55-,56-/m1/s1. The summed E-state index contributed by atoms with van der Waals surface area (Å²) in [4.78, 5) is 59.6. The lowest BCUT2D eigenvalue weighted by Gasteiger charge is -2.38. The van der Waals surface area contributed by atoms with Gasteiger partial charge < -0.3 is 29.1 Å². The number of anilines is 1. The molecular weight excluding hydrogens is 949 g/mol. The molecule has 3 aromatic heterocycles. The summed E-state index contributed by atoms with van der Waals surface area (Å²) in [6, 6.07) is 12.5. The number of aliphatic hydroxyl groups is 1. The fourth-order valence-electron chi connectivity index (χ4n) is 13.2. The van der Waals surface area contributed by atoms with E-state index >= 15 is 8.78 Å². The molecule has 5 aliphatic rings. The van der Waals surface area contributed by atoms with E-state index in [0.717, 1.165) is 89.5 Å². The van der Waals surface area contributed by atoms with E-state index in [2.05, 4.69) is 27.2 Å². The monoisotopic (exact) mass is 1020 g/mol. The highest BCUT2D eigenvalue weighted by Gasteiger charge is 2.49. The molecule has 0 spiro atoms. The van der Waals surface area contributed by atoms with Crippen LogP contribution in [0.5, 0.6) is 11.8 Å². The molecule has 11 rings (SSSR count). The normalized spacial score (nSPS) is 24.1. The summed E-state index contributed by atoms with van der Waals surface area (Å²) < 4.78 is 53.8. The van der Waals surface area contributed by atoms with Gasteiger partial charge in [-0.2, -0.15) is 9.97 Å². The van der Waals surface area contributed by atoms with Gasteiger partial charge in [0, 0.05) is 51.5 Å². The molecule has 0 bridgehead atoms. The summed E-state index contributed by atoms with van der Waals surface area (Å²) in [7, 11) is 3.26. The molecule has 4 atom stereocenters. The molecule has 0 saturated carbocycles. The third kappa shape index (κ3) is 9.29. The molecule has 2 N–H and O–H groups in total. The first-order valence-corrected chi connectivity index (χ1v) is 26.6. The number of amides is 2. The van der Waals surface area contributed by atoms with E-state index in [1.165, 1.54) is 18.7 Å². The lowest BCUT2D eigenvalue weighted by atomic mass is 9.89. The van der Waals surface area contributed by atoms with Gasteiger partial charge in [0.1, 0.15) is 41.2 Å². The Hall–Kier alpha value is -6.08. The third-order valence-corrected chi connectivity index (χ3v) is 16.9. The van der Waals surface area contributed by atoms with Gasteiger partial charge in [-0.3, -0.25) is 33.9 Å². The van der Waals surface area contributed by atoms with Gasteiger partial charge in [0.2, 0.25) is 11.8 Å². The maximum atomic E-state index is 17.5. The van der Waals surface area contributed by atoms with Crippen molar-refractivity contribution in [3.05, 3.63) is 81.9 Å². The lowest BCUT2D eigenvalue weighted by molar-refractivity contribution is -0.135. The van der Waals surface area contributed by atoms with Crippen LogP contribution in [0.2, 0.25) is 0 Å². The van der Waals surface area contributed by atoms with E-state index in [9.17, 15) is 19.5 Å². The molecule has 5 saturated heterocycles. The zero-order chi connectivity index (χ0) is 51.5. The predicted octanol–water partition coefficient (Wildman–Crippen LogP) is 7.69. The van der Waals surface area contributed by atoms with Crippen LogP contribution < -0.4 is 25.4 Å². The Morgan fingerprint density at radius 1 is 0.919 bits per heavy atom. The molecule has 18 heteroatoms. The van der Waals surface area contributed by atoms with Crippen molar-refractivity contribution in [3.8, 4) is 23.0 Å². The van der Waals surface area contributed by atoms with Crippen LogP contribution in [-0.2, 0) is 27.8 Å². The van der Waals surface area contributed by atoms with Crippen LogP contribution in [0.4, 0.5) is 14.6 Å². The van der Waals surface area contributed by atoms with E-state index < -0.39 is 23.4 Å². The number of imidazole rings is 1. The Bertz CT molecular complexity index is 3210. The number of carbonyl (C=O) groups excluding carboxylic acids is 2. The summed E-state index contributed by atoms with van der Waals surface area (Å²) in [5.41, 5.74) is 2.17. The first-order valence-electron chi connectivity index (χ1n) is 26.6. The largest absolute Gasteiger partial charge is 0.468 e. The summed E-state index contributed by atoms with van der Waals surface area (Å²) in [5.74, 6) is -0.554.